The number of halogens is 6. The minimum absolute atomic E-state index is 0.119. The molecule has 0 bridgehead atoms. The summed E-state index contributed by atoms with van der Waals surface area (Å²) in [6.07, 6.45) is -8.90. The molecule has 118 valence electrons. The molecular formula is C11H9ClF5NO3. The Morgan fingerprint density at radius 1 is 1.43 bits per heavy atom. The summed E-state index contributed by atoms with van der Waals surface area (Å²) in [6, 6.07) is 0.819. The number of aromatic nitrogens is 1. The molecule has 0 aliphatic heterocycles. The zero-order chi connectivity index (χ0) is 16.2. The number of carbonyl (C=O) groups is 1. The predicted molar refractivity (Wildman–Crippen MR) is 61.2 cm³/mol. The van der Waals surface area contributed by atoms with E-state index >= 15 is 0 Å². The van der Waals surface area contributed by atoms with Crippen molar-refractivity contribution in [3.05, 3.63) is 22.9 Å². The molecular weight excluding hydrogens is 325 g/mol. The van der Waals surface area contributed by atoms with Crippen molar-refractivity contribution in [2.24, 2.45) is 0 Å². The third-order valence-electron chi connectivity index (χ3n) is 2.33. The first kappa shape index (κ1) is 17.4. The lowest BCUT2D eigenvalue weighted by atomic mass is 10.1. The Labute approximate surface area is 120 Å². The Morgan fingerprint density at radius 2 is 2.05 bits per heavy atom. The molecule has 0 aromatic carbocycles. The molecule has 1 rings (SSSR count). The van der Waals surface area contributed by atoms with Gasteiger partial charge in [0.1, 0.15) is 5.69 Å². The number of nitrogens with zero attached hydrogens (tertiary/aromatic N) is 1. The van der Waals surface area contributed by atoms with Gasteiger partial charge in [0.05, 0.1) is 13.5 Å². The molecule has 1 heterocycles. The molecule has 1 aromatic heterocycles. The number of hydrogen-bond donors (Lipinski definition) is 0. The van der Waals surface area contributed by atoms with Crippen LogP contribution in [0.1, 0.15) is 23.2 Å². The summed E-state index contributed by atoms with van der Waals surface area (Å²) in [5.41, 5.74) is -1.40. The second-order valence-electron chi connectivity index (χ2n) is 3.72. The van der Waals surface area contributed by atoms with Gasteiger partial charge < -0.3 is 9.47 Å². The van der Waals surface area contributed by atoms with Crippen LogP contribution in [-0.4, -0.2) is 24.4 Å². The lowest BCUT2D eigenvalue weighted by molar-refractivity contribution is -0.276. The molecule has 0 spiro atoms. The van der Waals surface area contributed by atoms with E-state index < -0.39 is 42.6 Å². The molecule has 1 aromatic rings. The standard InChI is InChI=1S/C11H9ClF5NO3/c1-20-8(19)3-6-5(4-12)2-7(9(13)14)18-10(6)21-11(15,16)17/h2,9H,3-4H2,1H3. The smallest absolute Gasteiger partial charge is 0.469 e. The number of alkyl halides is 6. The first-order valence-electron chi connectivity index (χ1n) is 5.37. The number of hydrogen-bond acceptors (Lipinski definition) is 4. The minimum atomic E-state index is -5.15. The van der Waals surface area contributed by atoms with Crippen molar-refractivity contribution in [2.45, 2.75) is 25.1 Å². The fourth-order valence-electron chi connectivity index (χ4n) is 1.45. The summed E-state index contributed by atoms with van der Waals surface area (Å²) in [7, 11) is 1.02. The van der Waals surface area contributed by atoms with Crippen LogP contribution in [0.3, 0.4) is 0 Å². The fourth-order valence-corrected chi connectivity index (χ4v) is 1.69. The highest BCUT2D eigenvalue weighted by Crippen LogP contribution is 2.31. The van der Waals surface area contributed by atoms with Crippen LogP contribution < -0.4 is 4.74 Å². The highest BCUT2D eigenvalue weighted by Gasteiger charge is 2.34. The van der Waals surface area contributed by atoms with Crippen molar-refractivity contribution in [2.75, 3.05) is 7.11 Å². The topological polar surface area (TPSA) is 48.4 Å². The summed E-state index contributed by atoms with van der Waals surface area (Å²) < 4.78 is 70.1. The molecule has 0 amide bonds. The molecule has 0 aliphatic carbocycles. The Balaban J connectivity index is 3.37. The lowest BCUT2D eigenvalue weighted by Crippen LogP contribution is -2.21. The normalized spacial score (nSPS) is 11.6. The van der Waals surface area contributed by atoms with Gasteiger partial charge in [0, 0.05) is 11.4 Å². The number of ether oxygens (including phenoxy) is 2. The highest BCUT2D eigenvalue weighted by molar-refractivity contribution is 6.17. The molecule has 0 unspecified atom stereocenters. The number of esters is 1. The maximum Gasteiger partial charge on any atom is 0.574 e. The Bertz CT molecular complexity index is 521. The summed E-state index contributed by atoms with van der Waals surface area (Å²) in [6.45, 7) is 0. The van der Waals surface area contributed by atoms with Gasteiger partial charge in [0.15, 0.2) is 0 Å². The summed E-state index contributed by atoms with van der Waals surface area (Å²) >= 11 is 5.52. The van der Waals surface area contributed by atoms with E-state index in [4.69, 9.17) is 11.6 Å². The number of pyridine rings is 1. The highest BCUT2D eigenvalue weighted by atomic mass is 35.5. The Morgan fingerprint density at radius 3 is 2.48 bits per heavy atom. The molecule has 4 nitrogen and oxygen atoms in total. The molecule has 0 saturated carbocycles. The van der Waals surface area contributed by atoms with E-state index in [9.17, 15) is 26.7 Å². The zero-order valence-corrected chi connectivity index (χ0v) is 11.3. The summed E-state index contributed by atoms with van der Waals surface area (Å²) in [5, 5.41) is 0. The van der Waals surface area contributed by atoms with Gasteiger partial charge in [-0.3, -0.25) is 4.79 Å². The van der Waals surface area contributed by atoms with Crippen LogP contribution in [0.15, 0.2) is 6.07 Å². The van der Waals surface area contributed by atoms with Crippen molar-refractivity contribution in [3.63, 3.8) is 0 Å². The first-order valence-corrected chi connectivity index (χ1v) is 5.90. The van der Waals surface area contributed by atoms with Gasteiger partial charge >= 0.3 is 12.3 Å². The SMILES string of the molecule is COC(=O)Cc1c(CCl)cc(C(F)F)nc1OC(F)(F)F. The van der Waals surface area contributed by atoms with Gasteiger partial charge in [0.25, 0.3) is 6.43 Å². The monoisotopic (exact) mass is 333 g/mol. The van der Waals surface area contributed by atoms with Crippen molar-refractivity contribution in [1.82, 2.24) is 4.98 Å². The molecule has 0 radical (unpaired) electrons. The molecule has 10 heteroatoms. The van der Waals surface area contributed by atoms with Crippen LogP contribution in [0.5, 0.6) is 5.88 Å². The lowest BCUT2D eigenvalue weighted by Gasteiger charge is -2.16. The van der Waals surface area contributed by atoms with Crippen LogP contribution in [-0.2, 0) is 21.8 Å². The maximum atomic E-state index is 12.6. The van der Waals surface area contributed by atoms with Crippen molar-refractivity contribution >= 4 is 17.6 Å². The Kier molecular flexibility index (Phi) is 5.70. The summed E-state index contributed by atoms with van der Waals surface area (Å²) in [5.74, 6) is -2.43. The van der Waals surface area contributed by atoms with E-state index in [0.717, 1.165) is 13.2 Å². The third kappa shape index (κ3) is 5.00. The van der Waals surface area contributed by atoms with Gasteiger partial charge in [0.2, 0.25) is 5.88 Å². The van der Waals surface area contributed by atoms with E-state index in [1.807, 2.05) is 0 Å². The first-order chi connectivity index (χ1) is 9.67. The summed E-state index contributed by atoms with van der Waals surface area (Å²) in [4.78, 5) is 14.3. The van der Waals surface area contributed by atoms with Crippen LogP contribution in [0.4, 0.5) is 22.0 Å². The van der Waals surface area contributed by atoms with Crippen LogP contribution >= 0.6 is 11.6 Å². The quantitative estimate of drug-likeness (QED) is 0.471. The predicted octanol–water partition coefficient (Wildman–Crippen LogP) is 3.37. The molecule has 0 saturated heterocycles. The van der Waals surface area contributed by atoms with Gasteiger partial charge in [-0.25, -0.2) is 13.8 Å². The molecule has 0 fully saturated rings. The third-order valence-corrected chi connectivity index (χ3v) is 2.62. The second-order valence-corrected chi connectivity index (χ2v) is 3.99. The largest absolute Gasteiger partial charge is 0.574 e. The van der Waals surface area contributed by atoms with Gasteiger partial charge in [-0.05, 0) is 11.6 Å². The van der Waals surface area contributed by atoms with Gasteiger partial charge in [-0.2, -0.15) is 0 Å². The average molecular weight is 334 g/mol. The minimum Gasteiger partial charge on any atom is -0.469 e. The van der Waals surface area contributed by atoms with E-state index in [1.54, 1.807) is 0 Å². The van der Waals surface area contributed by atoms with Gasteiger partial charge in [-0.1, -0.05) is 0 Å². The van der Waals surface area contributed by atoms with E-state index in [1.165, 1.54) is 0 Å². The molecule has 0 aliphatic rings. The van der Waals surface area contributed by atoms with Crippen molar-refractivity contribution in [3.8, 4) is 5.88 Å². The van der Waals surface area contributed by atoms with E-state index in [0.29, 0.717) is 0 Å². The van der Waals surface area contributed by atoms with Crippen molar-refractivity contribution in [1.29, 1.82) is 0 Å². The number of rotatable bonds is 5. The fraction of sp³-hybridized carbons (Fsp3) is 0.455. The molecule has 0 atom stereocenters. The van der Waals surface area contributed by atoms with Crippen molar-refractivity contribution < 1.29 is 36.2 Å². The number of carbonyl (C=O) groups excluding carboxylic acids is 1. The van der Waals surface area contributed by atoms with Gasteiger partial charge in [-0.15, -0.1) is 24.8 Å². The van der Waals surface area contributed by atoms with Crippen LogP contribution in [0.25, 0.3) is 0 Å². The molecule has 21 heavy (non-hydrogen) atoms. The molecule has 0 N–H and O–H groups in total. The average Bonchev–Trinajstić information content (AvgIpc) is 2.38. The Hall–Kier alpha value is -1.64. The van der Waals surface area contributed by atoms with E-state index in [-0.39, 0.29) is 11.1 Å². The number of methoxy groups -OCH3 is 1. The van der Waals surface area contributed by atoms with E-state index in [2.05, 4.69) is 14.5 Å². The van der Waals surface area contributed by atoms with Crippen LogP contribution in [0, 0.1) is 0 Å². The zero-order valence-electron chi connectivity index (χ0n) is 10.5. The second kappa shape index (κ2) is 6.88. The van der Waals surface area contributed by atoms with Crippen LogP contribution in [0.2, 0.25) is 0 Å². The maximum absolute atomic E-state index is 12.6.